The Hall–Kier alpha value is -2.87. The Morgan fingerprint density at radius 2 is 2.04 bits per heavy atom. The number of halogens is 1. The van der Waals surface area contributed by atoms with E-state index >= 15 is 0 Å². The van der Waals surface area contributed by atoms with E-state index in [0.29, 0.717) is 17.5 Å². The van der Waals surface area contributed by atoms with E-state index in [1.165, 1.54) is 12.1 Å². The zero-order valence-electron chi connectivity index (χ0n) is 13.3. The van der Waals surface area contributed by atoms with Crippen molar-refractivity contribution in [2.45, 2.75) is 12.2 Å². The van der Waals surface area contributed by atoms with Crippen molar-refractivity contribution in [1.82, 2.24) is 24.8 Å². The Bertz CT molecular complexity index is 1020. The molecule has 0 amide bonds. The summed E-state index contributed by atoms with van der Waals surface area (Å²) < 4.78 is 14.9. The predicted molar refractivity (Wildman–Crippen MR) is 96.8 cm³/mol. The number of benzene rings is 1. The highest BCUT2D eigenvalue weighted by Gasteiger charge is 2.17. The summed E-state index contributed by atoms with van der Waals surface area (Å²) in [6, 6.07) is 11.9. The zero-order valence-corrected chi connectivity index (χ0v) is 14.2. The first-order valence-corrected chi connectivity index (χ1v) is 8.19. The third-order valence-corrected chi connectivity index (χ3v) is 4.32. The number of hydrogen-bond acceptors (Lipinski definition) is 5. The summed E-state index contributed by atoms with van der Waals surface area (Å²) in [4.78, 5) is 4.61. The van der Waals surface area contributed by atoms with Crippen LogP contribution in [0.15, 0.2) is 48.7 Å². The average molecular weight is 354 g/mol. The number of aromatic amines is 1. The standard InChI is InChI=1S/C17H15FN6S/c1-10-9-14(22-21-10)19-16-13-3-2-8-24(13)23-17(20-16)15(25)11-4-6-12(18)7-5-11/h2-9,15,25H,1H3,(H2,19,20,21,22,23). The van der Waals surface area contributed by atoms with Crippen LogP contribution in [0.1, 0.15) is 22.3 Å². The summed E-state index contributed by atoms with van der Waals surface area (Å²) in [5, 5.41) is 14.4. The Labute approximate surface area is 148 Å². The molecule has 1 atom stereocenters. The highest BCUT2D eigenvalue weighted by Crippen LogP contribution is 2.28. The van der Waals surface area contributed by atoms with Gasteiger partial charge in [-0.2, -0.15) is 22.8 Å². The topological polar surface area (TPSA) is 70.9 Å². The maximum absolute atomic E-state index is 13.1. The fourth-order valence-electron chi connectivity index (χ4n) is 2.56. The van der Waals surface area contributed by atoms with Crippen LogP contribution in [0.5, 0.6) is 0 Å². The van der Waals surface area contributed by atoms with Gasteiger partial charge in [-0.25, -0.2) is 13.9 Å². The summed E-state index contributed by atoms with van der Waals surface area (Å²) in [6.07, 6.45) is 1.84. The fraction of sp³-hybridized carbons (Fsp3) is 0.118. The SMILES string of the molecule is Cc1cc(Nc2nc(C(S)c3ccc(F)cc3)nn3cccc23)n[nH]1. The van der Waals surface area contributed by atoms with E-state index in [2.05, 4.69) is 38.2 Å². The molecule has 25 heavy (non-hydrogen) atoms. The number of nitrogens with zero attached hydrogens (tertiary/aromatic N) is 4. The minimum absolute atomic E-state index is 0.290. The van der Waals surface area contributed by atoms with Gasteiger partial charge in [0.2, 0.25) is 0 Å². The van der Waals surface area contributed by atoms with E-state index in [9.17, 15) is 4.39 Å². The van der Waals surface area contributed by atoms with Crippen LogP contribution in [-0.2, 0) is 0 Å². The molecule has 0 aliphatic carbocycles. The van der Waals surface area contributed by atoms with E-state index < -0.39 is 0 Å². The molecule has 6 nitrogen and oxygen atoms in total. The Morgan fingerprint density at radius 3 is 2.76 bits per heavy atom. The van der Waals surface area contributed by atoms with Gasteiger partial charge in [-0.1, -0.05) is 12.1 Å². The normalized spacial score (nSPS) is 12.4. The molecule has 0 spiro atoms. The van der Waals surface area contributed by atoms with Crippen molar-refractivity contribution in [2.75, 3.05) is 5.32 Å². The number of nitrogens with one attached hydrogen (secondary N) is 2. The van der Waals surface area contributed by atoms with Crippen molar-refractivity contribution in [3.05, 3.63) is 71.6 Å². The van der Waals surface area contributed by atoms with Crippen LogP contribution in [0.3, 0.4) is 0 Å². The number of anilines is 2. The molecule has 3 heterocycles. The van der Waals surface area contributed by atoms with E-state index in [1.807, 2.05) is 31.3 Å². The molecule has 1 aromatic carbocycles. The fourth-order valence-corrected chi connectivity index (χ4v) is 2.84. The molecular formula is C17H15FN6S. The van der Waals surface area contributed by atoms with Gasteiger partial charge < -0.3 is 5.32 Å². The summed E-state index contributed by atoms with van der Waals surface area (Å²) in [6.45, 7) is 1.93. The first-order valence-electron chi connectivity index (χ1n) is 7.68. The van der Waals surface area contributed by atoms with E-state index in [1.54, 1.807) is 16.6 Å². The lowest BCUT2D eigenvalue weighted by Gasteiger charge is -2.13. The molecule has 0 fully saturated rings. The van der Waals surface area contributed by atoms with Crippen LogP contribution in [0.2, 0.25) is 0 Å². The molecule has 0 aliphatic heterocycles. The molecule has 126 valence electrons. The van der Waals surface area contributed by atoms with Gasteiger partial charge in [0.25, 0.3) is 0 Å². The van der Waals surface area contributed by atoms with Gasteiger partial charge in [0.1, 0.15) is 11.3 Å². The second-order valence-corrected chi connectivity index (χ2v) is 6.19. The molecule has 8 heteroatoms. The molecule has 0 aliphatic rings. The first-order chi connectivity index (χ1) is 12.1. The van der Waals surface area contributed by atoms with Crippen molar-refractivity contribution in [2.24, 2.45) is 0 Å². The molecule has 2 N–H and O–H groups in total. The number of hydrogen-bond donors (Lipinski definition) is 3. The molecule has 0 saturated carbocycles. The second-order valence-electron chi connectivity index (χ2n) is 5.67. The van der Waals surface area contributed by atoms with Crippen LogP contribution < -0.4 is 5.32 Å². The molecule has 1 unspecified atom stereocenters. The molecule has 0 bridgehead atoms. The third kappa shape index (κ3) is 3.08. The minimum Gasteiger partial charge on any atom is -0.322 e. The van der Waals surface area contributed by atoms with E-state index in [4.69, 9.17) is 0 Å². The van der Waals surface area contributed by atoms with Crippen LogP contribution in [0.4, 0.5) is 16.0 Å². The van der Waals surface area contributed by atoms with Gasteiger partial charge in [-0.3, -0.25) is 5.10 Å². The average Bonchev–Trinajstić information content (AvgIpc) is 3.23. The molecule has 0 radical (unpaired) electrons. The van der Waals surface area contributed by atoms with Gasteiger partial charge in [0.15, 0.2) is 17.5 Å². The van der Waals surface area contributed by atoms with Crippen molar-refractivity contribution in [3.8, 4) is 0 Å². The number of aromatic nitrogens is 5. The lowest BCUT2D eigenvalue weighted by atomic mass is 10.1. The summed E-state index contributed by atoms with van der Waals surface area (Å²) >= 11 is 4.62. The number of H-pyrrole nitrogens is 1. The van der Waals surface area contributed by atoms with Crippen molar-refractivity contribution < 1.29 is 4.39 Å². The summed E-state index contributed by atoms with van der Waals surface area (Å²) in [5.74, 6) is 1.51. The Morgan fingerprint density at radius 1 is 1.24 bits per heavy atom. The number of aryl methyl sites for hydroxylation is 1. The first kappa shape index (κ1) is 15.6. The molecular weight excluding hydrogens is 339 g/mol. The number of thiol groups is 1. The van der Waals surface area contributed by atoms with Crippen LogP contribution >= 0.6 is 12.6 Å². The number of fused-ring (bicyclic) bond motifs is 1. The van der Waals surface area contributed by atoms with Gasteiger partial charge in [0.05, 0.1) is 5.25 Å². The van der Waals surface area contributed by atoms with Gasteiger partial charge >= 0.3 is 0 Å². The zero-order chi connectivity index (χ0) is 17.4. The smallest absolute Gasteiger partial charge is 0.168 e. The highest BCUT2D eigenvalue weighted by molar-refractivity contribution is 7.80. The lowest BCUT2D eigenvalue weighted by molar-refractivity contribution is 0.627. The Balaban J connectivity index is 1.75. The monoisotopic (exact) mass is 354 g/mol. The quantitative estimate of drug-likeness (QED) is 0.489. The van der Waals surface area contributed by atoms with Crippen LogP contribution in [-0.4, -0.2) is 24.8 Å². The van der Waals surface area contributed by atoms with Gasteiger partial charge in [-0.05, 0) is 36.8 Å². The maximum Gasteiger partial charge on any atom is 0.168 e. The minimum atomic E-state index is -0.381. The van der Waals surface area contributed by atoms with Crippen LogP contribution in [0.25, 0.3) is 5.52 Å². The highest BCUT2D eigenvalue weighted by atomic mass is 32.1. The predicted octanol–water partition coefficient (Wildman–Crippen LogP) is 3.66. The summed E-state index contributed by atoms with van der Waals surface area (Å²) in [5.41, 5.74) is 2.59. The second kappa shape index (κ2) is 6.21. The van der Waals surface area contributed by atoms with Crippen molar-refractivity contribution in [3.63, 3.8) is 0 Å². The molecule has 0 saturated heterocycles. The largest absolute Gasteiger partial charge is 0.322 e. The Kier molecular flexibility index (Phi) is 3.89. The molecule has 3 aromatic heterocycles. The van der Waals surface area contributed by atoms with Crippen molar-refractivity contribution in [1.29, 1.82) is 0 Å². The van der Waals surface area contributed by atoms with Crippen molar-refractivity contribution >= 4 is 29.8 Å². The van der Waals surface area contributed by atoms with E-state index in [-0.39, 0.29) is 11.1 Å². The van der Waals surface area contributed by atoms with Gasteiger partial charge in [-0.15, -0.1) is 0 Å². The summed E-state index contributed by atoms with van der Waals surface area (Å²) in [7, 11) is 0. The molecule has 4 rings (SSSR count). The van der Waals surface area contributed by atoms with Crippen LogP contribution in [0, 0.1) is 12.7 Å². The number of rotatable bonds is 4. The van der Waals surface area contributed by atoms with E-state index in [0.717, 1.165) is 16.8 Å². The maximum atomic E-state index is 13.1. The lowest BCUT2D eigenvalue weighted by Crippen LogP contribution is -2.08. The molecule has 4 aromatic rings. The van der Waals surface area contributed by atoms with Gasteiger partial charge in [0, 0.05) is 18.0 Å². The third-order valence-electron chi connectivity index (χ3n) is 3.79.